The molecule has 0 atom stereocenters. The zero-order chi connectivity index (χ0) is 26.4. The second-order valence-electron chi connectivity index (χ2n) is 11.2. The summed E-state index contributed by atoms with van der Waals surface area (Å²) in [7, 11) is 2.80. The second-order valence-corrected chi connectivity index (χ2v) is 11.2. The van der Waals surface area contributed by atoms with Crippen LogP contribution in [-0.4, -0.2) is 41.7 Å². The summed E-state index contributed by atoms with van der Waals surface area (Å²) >= 11 is 0. The Kier molecular flexibility index (Phi) is 4.65. The number of para-hydroxylation sites is 2. The summed E-state index contributed by atoms with van der Waals surface area (Å²) < 4.78 is 0. The number of hydrogen-bond acceptors (Lipinski definition) is 4. The summed E-state index contributed by atoms with van der Waals surface area (Å²) in [5.74, 6) is -1.18. The maximum absolute atomic E-state index is 13.0. The van der Waals surface area contributed by atoms with Crippen molar-refractivity contribution in [2.75, 3.05) is 19.0 Å². The van der Waals surface area contributed by atoms with E-state index in [2.05, 4.69) is 93.3 Å². The standard InChI is InChI=1S/C31H29N3O3/c1-30(2)20-11-7-9-13-24(20)34-25-14-10-8-12-21(25)31(3,4)23-17-18(16-22(30)26(23)34)15-19-27(35)32(5)29(37)33(6)28(19)36/h7-17H,1-6H3. The Morgan fingerprint density at radius 2 is 1.08 bits per heavy atom. The van der Waals surface area contributed by atoms with Gasteiger partial charge in [-0.15, -0.1) is 0 Å². The number of hydrogen-bond donors (Lipinski definition) is 0. The van der Waals surface area contributed by atoms with Crippen molar-refractivity contribution in [2.45, 2.75) is 38.5 Å². The summed E-state index contributed by atoms with van der Waals surface area (Å²) in [6.45, 7) is 8.89. The maximum atomic E-state index is 13.0. The Hall–Kier alpha value is -4.19. The van der Waals surface area contributed by atoms with Gasteiger partial charge >= 0.3 is 6.03 Å². The van der Waals surface area contributed by atoms with Crippen molar-refractivity contribution in [2.24, 2.45) is 0 Å². The Balaban J connectivity index is 1.66. The van der Waals surface area contributed by atoms with Crippen LogP contribution in [0.2, 0.25) is 0 Å². The first-order valence-corrected chi connectivity index (χ1v) is 12.5. The summed E-state index contributed by atoms with van der Waals surface area (Å²) in [5, 5.41) is 0. The van der Waals surface area contributed by atoms with Gasteiger partial charge in [-0.2, -0.15) is 0 Å². The minimum Gasteiger partial charge on any atom is -0.309 e. The molecule has 6 heteroatoms. The zero-order valence-electron chi connectivity index (χ0n) is 21.9. The van der Waals surface area contributed by atoms with Crippen molar-refractivity contribution >= 4 is 41.0 Å². The van der Waals surface area contributed by atoms with Crippen LogP contribution >= 0.6 is 0 Å². The minimum atomic E-state index is -0.626. The Morgan fingerprint density at radius 3 is 1.54 bits per heavy atom. The number of carbonyl (C=O) groups excluding carboxylic acids is 3. The molecule has 3 aliphatic heterocycles. The molecule has 3 aliphatic rings. The van der Waals surface area contributed by atoms with E-state index in [9.17, 15) is 14.4 Å². The van der Waals surface area contributed by atoms with E-state index < -0.39 is 17.8 Å². The third kappa shape index (κ3) is 2.95. The molecule has 0 spiro atoms. The highest BCUT2D eigenvalue weighted by Crippen LogP contribution is 2.60. The lowest BCUT2D eigenvalue weighted by Gasteiger charge is -2.49. The lowest BCUT2D eigenvalue weighted by molar-refractivity contribution is -0.134. The van der Waals surface area contributed by atoms with Gasteiger partial charge in [0.05, 0.1) is 17.1 Å². The third-order valence-electron chi connectivity index (χ3n) is 8.29. The molecular weight excluding hydrogens is 462 g/mol. The van der Waals surface area contributed by atoms with Crippen molar-refractivity contribution in [3.8, 4) is 0 Å². The Bertz CT molecular complexity index is 1470. The lowest BCUT2D eigenvalue weighted by Crippen LogP contribution is -2.52. The van der Waals surface area contributed by atoms with E-state index in [0.29, 0.717) is 0 Å². The van der Waals surface area contributed by atoms with Crippen molar-refractivity contribution < 1.29 is 14.4 Å². The van der Waals surface area contributed by atoms with Gasteiger partial charge in [0.2, 0.25) is 0 Å². The molecule has 3 aromatic rings. The molecule has 1 fully saturated rings. The van der Waals surface area contributed by atoms with Crippen molar-refractivity contribution in [3.05, 3.63) is 94.1 Å². The van der Waals surface area contributed by atoms with Gasteiger partial charge in [0.15, 0.2) is 0 Å². The van der Waals surface area contributed by atoms with Gasteiger partial charge < -0.3 is 4.90 Å². The first-order chi connectivity index (χ1) is 17.5. The SMILES string of the molecule is CN1C(=O)C(=Cc2cc3c4c(c2)C(C)(C)c2ccccc2N4c2ccccc2C3(C)C)C(=O)N(C)C1=O. The molecule has 0 aliphatic carbocycles. The molecule has 0 radical (unpaired) electrons. The molecule has 0 saturated carbocycles. The molecule has 186 valence electrons. The number of likely N-dealkylation sites (N-methyl/N-ethyl adjacent to an activating group) is 2. The summed E-state index contributed by atoms with van der Waals surface area (Å²) in [4.78, 5) is 42.5. The average Bonchev–Trinajstić information content (AvgIpc) is 2.89. The van der Waals surface area contributed by atoms with Crippen LogP contribution in [0.4, 0.5) is 21.9 Å². The molecule has 1 saturated heterocycles. The quantitative estimate of drug-likeness (QED) is 0.316. The van der Waals surface area contributed by atoms with E-state index in [1.807, 2.05) is 0 Å². The monoisotopic (exact) mass is 491 g/mol. The largest absolute Gasteiger partial charge is 0.333 e. The number of rotatable bonds is 1. The van der Waals surface area contributed by atoms with E-state index in [-0.39, 0.29) is 16.4 Å². The number of nitrogens with zero attached hydrogens (tertiary/aromatic N) is 3. The first-order valence-electron chi connectivity index (χ1n) is 12.5. The number of urea groups is 1. The van der Waals surface area contributed by atoms with Gasteiger partial charge in [-0.3, -0.25) is 19.4 Å². The van der Waals surface area contributed by atoms with Gasteiger partial charge in [-0.05, 0) is 58.2 Å². The molecule has 6 nitrogen and oxygen atoms in total. The van der Waals surface area contributed by atoms with Crippen LogP contribution in [0.15, 0.2) is 66.2 Å². The van der Waals surface area contributed by atoms with Gasteiger partial charge in [0, 0.05) is 24.9 Å². The summed E-state index contributed by atoms with van der Waals surface area (Å²) in [6.07, 6.45) is 1.64. The molecule has 37 heavy (non-hydrogen) atoms. The Morgan fingerprint density at radius 1 is 0.649 bits per heavy atom. The van der Waals surface area contributed by atoms with Crippen molar-refractivity contribution in [3.63, 3.8) is 0 Å². The fourth-order valence-electron chi connectivity index (χ4n) is 6.13. The highest BCUT2D eigenvalue weighted by molar-refractivity contribution is 6.30. The van der Waals surface area contributed by atoms with Crippen molar-refractivity contribution in [1.29, 1.82) is 0 Å². The highest BCUT2D eigenvalue weighted by atomic mass is 16.2. The number of fused-ring (bicyclic) bond motifs is 4. The Labute approximate surface area is 216 Å². The lowest BCUT2D eigenvalue weighted by atomic mass is 9.66. The van der Waals surface area contributed by atoms with E-state index in [4.69, 9.17) is 0 Å². The highest BCUT2D eigenvalue weighted by Gasteiger charge is 2.45. The van der Waals surface area contributed by atoms with E-state index in [1.54, 1.807) is 6.08 Å². The van der Waals surface area contributed by atoms with E-state index in [1.165, 1.54) is 25.2 Å². The van der Waals surface area contributed by atoms with Gasteiger partial charge in [0.25, 0.3) is 11.8 Å². The van der Waals surface area contributed by atoms with Gasteiger partial charge in [0.1, 0.15) is 5.57 Å². The predicted molar refractivity (Wildman–Crippen MR) is 144 cm³/mol. The van der Waals surface area contributed by atoms with Crippen LogP contribution in [0.3, 0.4) is 0 Å². The fraction of sp³-hybridized carbons (Fsp3) is 0.258. The zero-order valence-corrected chi connectivity index (χ0v) is 21.9. The van der Waals surface area contributed by atoms with Crippen LogP contribution in [-0.2, 0) is 20.4 Å². The van der Waals surface area contributed by atoms with Crippen LogP contribution in [0.1, 0.15) is 55.5 Å². The van der Waals surface area contributed by atoms with E-state index >= 15 is 0 Å². The molecule has 0 aromatic heterocycles. The van der Waals surface area contributed by atoms with Crippen LogP contribution in [0.5, 0.6) is 0 Å². The van der Waals surface area contributed by atoms with Crippen LogP contribution in [0, 0.1) is 0 Å². The number of anilines is 3. The molecule has 0 bridgehead atoms. The number of amides is 4. The van der Waals surface area contributed by atoms with Crippen LogP contribution < -0.4 is 4.90 Å². The van der Waals surface area contributed by atoms with Crippen LogP contribution in [0.25, 0.3) is 6.08 Å². The molecule has 4 amide bonds. The van der Waals surface area contributed by atoms with Gasteiger partial charge in [-0.1, -0.05) is 64.1 Å². The number of benzene rings is 3. The fourth-order valence-corrected chi connectivity index (χ4v) is 6.13. The molecule has 0 unspecified atom stereocenters. The maximum Gasteiger partial charge on any atom is 0.333 e. The number of imide groups is 2. The minimum absolute atomic E-state index is 0.0170. The topological polar surface area (TPSA) is 60.9 Å². The smallest absolute Gasteiger partial charge is 0.309 e. The predicted octanol–water partition coefficient (Wildman–Crippen LogP) is 5.87. The molecule has 3 heterocycles. The number of barbiturate groups is 1. The summed E-state index contributed by atoms with van der Waals surface area (Å²) in [6, 6.07) is 20.6. The first kappa shape index (κ1) is 23.2. The third-order valence-corrected chi connectivity index (χ3v) is 8.29. The molecule has 3 aromatic carbocycles. The molecule has 6 rings (SSSR count). The molecular formula is C31H29N3O3. The summed E-state index contributed by atoms with van der Waals surface area (Å²) in [5.41, 5.74) is 8.27. The van der Waals surface area contributed by atoms with Crippen molar-refractivity contribution in [1.82, 2.24) is 9.80 Å². The van der Waals surface area contributed by atoms with Gasteiger partial charge in [-0.25, -0.2) is 4.79 Å². The molecule has 0 N–H and O–H groups in total. The average molecular weight is 492 g/mol. The second kappa shape index (κ2) is 7.42. The normalized spacial score (nSPS) is 18.9. The van der Waals surface area contributed by atoms with E-state index in [0.717, 1.165) is 43.6 Å². The number of carbonyl (C=O) groups is 3.